The van der Waals surface area contributed by atoms with Crippen molar-refractivity contribution in [1.29, 1.82) is 0 Å². The molecule has 2 heterocycles. The van der Waals surface area contributed by atoms with E-state index in [4.69, 9.17) is 9.47 Å². The van der Waals surface area contributed by atoms with Crippen LogP contribution in [0.3, 0.4) is 0 Å². The zero-order valence-electron chi connectivity index (χ0n) is 14.9. The largest absolute Gasteiger partial charge is 0.483 e. The minimum Gasteiger partial charge on any atom is -0.483 e. The number of carbonyl (C=O) groups excluding carboxylic acids is 1. The van der Waals surface area contributed by atoms with Crippen LogP contribution in [0.4, 0.5) is 0 Å². The van der Waals surface area contributed by atoms with Crippen LogP contribution in [0.5, 0.6) is 5.75 Å². The van der Waals surface area contributed by atoms with Gasteiger partial charge in [0.2, 0.25) is 0 Å². The van der Waals surface area contributed by atoms with E-state index in [1.54, 1.807) is 19.6 Å². The average Bonchev–Trinajstić information content (AvgIpc) is 3.31. The highest BCUT2D eigenvalue weighted by Crippen LogP contribution is 2.26. The third kappa shape index (κ3) is 4.64. The number of nitrogens with one attached hydrogen (secondary N) is 1. The molecular weight excluding hydrogens is 332 g/mol. The van der Waals surface area contributed by atoms with E-state index in [-0.39, 0.29) is 12.5 Å². The number of amides is 1. The third-order valence-electron chi connectivity index (χ3n) is 4.14. The molecule has 1 amide bonds. The third-order valence-corrected chi connectivity index (χ3v) is 4.14. The fourth-order valence-corrected chi connectivity index (χ4v) is 2.81. The fourth-order valence-electron chi connectivity index (χ4n) is 2.81. The number of aryl methyl sites for hydroxylation is 1. The van der Waals surface area contributed by atoms with Gasteiger partial charge in [-0.3, -0.25) is 4.79 Å². The topological polar surface area (TPSA) is 70.3 Å². The smallest absolute Gasteiger partial charge is 0.257 e. The maximum absolute atomic E-state index is 12.0. The van der Waals surface area contributed by atoms with Gasteiger partial charge in [0, 0.05) is 50.7 Å². The zero-order chi connectivity index (χ0) is 18.2. The van der Waals surface area contributed by atoms with Gasteiger partial charge in [0.25, 0.3) is 5.91 Å². The van der Waals surface area contributed by atoms with Gasteiger partial charge in [-0.2, -0.15) is 0 Å². The van der Waals surface area contributed by atoms with Gasteiger partial charge in [-0.25, -0.2) is 4.98 Å². The minimum absolute atomic E-state index is 0.00738. The van der Waals surface area contributed by atoms with Crippen molar-refractivity contribution in [2.75, 3.05) is 26.9 Å². The molecule has 0 saturated heterocycles. The summed E-state index contributed by atoms with van der Waals surface area (Å²) in [6, 6.07) is 7.86. The maximum atomic E-state index is 12.0. The van der Waals surface area contributed by atoms with Gasteiger partial charge >= 0.3 is 0 Å². The number of aromatic nitrogens is 3. The predicted molar refractivity (Wildman–Crippen MR) is 99.2 cm³/mol. The molecule has 0 fully saturated rings. The summed E-state index contributed by atoms with van der Waals surface area (Å²) in [5, 5.41) is 3.87. The molecule has 7 nitrogen and oxygen atoms in total. The number of ether oxygens (including phenoxy) is 2. The number of carbonyl (C=O) groups is 1. The van der Waals surface area contributed by atoms with E-state index in [1.165, 1.54) is 0 Å². The van der Waals surface area contributed by atoms with Crippen LogP contribution < -0.4 is 10.1 Å². The molecular formula is C19H24N4O3. The van der Waals surface area contributed by atoms with Crippen molar-refractivity contribution < 1.29 is 14.3 Å². The van der Waals surface area contributed by atoms with Crippen LogP contribution in [0.25, 0.3) is 10.9 Å². The zero-order valence-corrected chi connectivity index (χ0v) is 14.9. The average molecular weight is 356 g/mol. The normalized spacial score (nSPS) is 11.0. The Morgan fingerprint density at radius 1 is 1.23 bits per heavy atom. The summed E-state index contributed by atoms with van der Waals surface area (Å²) in [4.78, 5) is 16.0. The summed E-state index contributed by atoms with van der Waals surface area (Å²) in [5.74, 6) is 0.596. The quantitative estimate of drug-likeness (QED) is 0.565. The van der Waals surface area contributed by atoms with E-state index in [2.05, 4.69) is 14.9 Å². The number of rotatable bonds is 10. The molecule has 3 aromatic rings. The second-order valence-electron chi connectivity index (χ2n) is 5.98. The summed E-state index contributed by atoms with van der Waals surface area (Å²) < 4.78 is 15.0. The molecule has 138 valence electrons. The van der Waals surface area contributed by atoms with E-state index in [0.717, 1.165) is 30.4 Å². The van der Waals surface area contributed by atoms with Gasteiger partial charge < -0.3 is 23.9 Å². The second-order valence-corrected chi connectivity index (χ2v) is 5.98. The molecule has 7 heteroatoms. The molecule has 26 heavy (non-hydrogen) atoms. The highest BCUT2D eigenvalue weighted by molar-refractivity contribution is 5.87. The SMILES string of the molecule is COCCn1ccc2c(OCC(=O)NCCCn3ccnc3)cccc21. The van der Waals surface area contributed by atoms with Crippen molar-refractivity contribution in [2.45, 2.75) is 19.5 Å². The summed E-state index contributed by atoms with van der Waals surface area (Å²) >= 11 is 0. The molecule has 1 aromatic carbocycles. The fraction of sp³-hybridized carbons (Fsp3) is 0.368. The van der Waals surface area contributed by atoms with Gasteiger partial charge in [0.1, 0.15) is 5.75 Å². The molecule has 0 aliphatic heterocycles. The van der Waals surface area contributed by atoms with E-state index in [0.29, 0.717) is 18.9 Å². The highest BCUT2D eigenvalue weighted by Gasteiger charge is 2.08. The number of benzene rings is 1. The van der Waals surface area contributed by atoms with Gasteiger partial charge in [0.15, 0.2) is 6.61 Å². The van der Waals surface area contributed by atoms with Crippen molar-refractivity contribution in [3.05, 3.63) is 49.2 Å². The number of hydrogen-bond acceptors (Lipinski definition) is 4. The van der Waals surface area contributed by atoms with Crippen LogP contribution in [0.2, 0.25) is 0 Å². The molecule has 1 N–H and O–H groups in total. The lowest BCUT2D eigenvalue weighted by molar-refractivity contribution is -0.123. The Morgan fingerprint density at radius 3 is 2.96 bits per heavy atom. The van der Waals surface area contributed by atoms with Crippen molar-refractivity contribution in [3.63, 3.8) is 0 Å². The first kappa shape index (κ1) is 18.0. The Morgan fingerprint density at radius 2 is 2.15 bits per heavy atom. The van der Waals surface area contributed by atoms with Crippen LogP contribution in [0.15, 0.2) is 49.2 Å². The van der Waals surface area contributed by atoms with Crippen LogP contribution in [-0.4, -0.2) is 46.9 Å². The monoisotopic (exact) mass is 356 g/mol. The molecule has 0 spiro atoms. The molecule has 0 aliphatic carbocycles. The Labute approximate surface area is 152 Å². The van der Waals surface area contributed by atoms with Gasteiger partial charge in [-0.1, -0.05) is 6.07 Å². The number of nitrogens with zero attached hydrogens (tertiary/aromatic N) is 3. The Bertz CT molecular complexity index is 827. The first-order valence-electron chi connectivity index (χ1n) is 8.70. The van der Waals surface area contributed by atoms with Crippen molar-refractivity contribution in [2.24, 2.45) is 0 Å². The molecule has 3 rings (SSSR count). The van der Waals surface area contributed by atoms with E-state index < -0.39 is 0 Å². The van der Waals surface area contributed by atoms with Gasteiger partial charge in [-0.05, 0) is 24.6 Å². The first-order chi connectivity index (χ1) is 12.8. The summed E-state index contributed by atoms with van der Waals surface area (Å²) in [5.41, 5.74) is 1.07. The predicted octanol–water partition coefficient (Wildman–Crippen LogP) is 2.07. The maximum Gasteiger partial charge on any atom is 0.257 e. The Balaban J connectivity index is 1.47. The standard InChI is InChI=1S/C19H24N4O3/c1-25-13-12-23-10-6-16-17(23)4-2-5-18(16)26-14-19(24)21-7-3-9-22-11-8-20-15-22/h2,4-6,8,10-11,15H,3,7,9,12-14H2,1H3,(H,21,24). The van der Waals surface area contributed by atoms with Gasteiger partial charge in [-0.15, -0.1) is 0 Å². The molecule has 0 radical (unpaired) electrons. The van der Waals surface area contributed by atoms with Crippen LogP contribution in [-0.2, 0) is 22.6 Å². The van der Waals surface area contributed by atoms with E-state index in [1.807, 2.05) is 41.2 Å². The van der Waals surface area contributed by atoms with E-state index in [9.17, 15) is 4.79 Å². The second kappa shape index (κ2) is 9.05. The Hall–Kier alpha value is -2.80. The first-order valence-corrected chi connectivity index (χ1v) is 8.70. The lowest BCUT2D eigenvalue weighted by Crippen LogP contribution is -2.30. The lowest BCUT2D eigenvalue weighted by Gasteiger charge is -2.10. The van der Waals surface area contributed by atoms with Gasteiger partial charge in [0.05, 0.1) is 18.5 Å². The number of imidazole rings is 1. The summed E-state index contributed by atoms with van der Waals surface area (Å²) in [6.45, 7) is 2.87. The summed E-state index contributed by atoms with van der Waals surface area (Å²) in [7, 11) is 1.69. The molecule has 0 unspecified atom stereocenters. The molecule has 0 atom stereocenters. The number of hydrogen-bond donors (Lipinski definition) is 1. The van der Waals surface area contributed by atoms with Crippen molar-refractivity contribution in [1.82, 2.24) is 19.4 Å². The summed E-state index contributed by atoms with van der Waals surface area (Å²) in [6.07, 6.45) is 8.27. The van der Waals surface area contributed by atoms with E-state index >= 15 is 0 Å². The Kier molecular flexibility index (Phi) is 6.27. The minimum atomic E-state index is -0.119. The molecule has 0 saturated carbocycles. The number of methoxy groups -OCH3 is 1. The van der Waals surface area contributed by atoms with Crippen LogP contribution >= 0.6 is 0 Å². The molecule has 0 bridgehead atoms. The number of fused-ring (bicyclic) bond motifs is 1. The van der Waals surface area contributed by atoms with Crippen LogP contribution in [0.1, 0.15) is 6.42 Å². The van der Waals surface area contributed by atoms with Crippen LogP contribution in [0, 0.1) is 0 Å². The molecule has 2 aromatic heterocycles. The highest BCUT2D eigenvalue weighted by atomic mass is 16.5. The lowest BCUT2D eigenvalue weighted by atomic mass is 10.2. The van der Waals surface area contributed by atoms with Crippen molar-refractivity contribution >= 4 is 16.8 Å². The molecule has 0 aliphatic rings. The van der Waals surface area contributed by atoms with Crippen molar-refractivity contribution in [3.8, 4) is 5.75 Å².